The molecule has 4 fully saturated rings. The monoisotopic (exact) mass is 352 g/mol. The maximum absolute atomic E-state index is 6.03. The molecule has 0 aromatic carbocycles. The van der Waals surface area contributed by atoms with Gasteiger partial charge in [0.15, 0.2) is 0 Å². The summed E-state index contributed by atoms with van der Waals surface area (Å²) in [5, 5.41) is 0. The number of epoxide rings is 2. The molecule has 2 aliphatic heterocycles. The third kappa shape index (κ3) is 4.97. The number of hydrogen-bond acceptors (Lipinski definition) is 4. The van der Waals surface area contributed by atoms with Crippen LogP contribution in [0, 0.1) is 17.3 Å². The fraction of sp³-hybridized carbons (Fsp3) is 1.00. The molecule has 4 aliphatic rings. The highest BCUT2D eigenvalue weighted by Gasteiger charge is 2.41. The minimum atomic E-state index is 0.401. The van der Waals surface area contributed by atoms with E-state index >= 15 is 0 Å². The van der Waals surface area contributed by atoms with Gasteiger partial charge in [0.2, 0.25) is 0 Å². The molecule has 1 unspecified atom stereocenters. The predicted molar refractivity (Wildman–Crippen MR) is 96.7 cm³/mol. The summed E-state index contributed by atoms with van der Waals surface area (Å²) in [5.74, 6) is 1.71. The zero-order chi connectivity index (χ0) is 17.3. The summed E-state index contributed by atoms with van der Waals surface area (Å²) in [6.45, 7) is 8.50. The molecule has 2 heterocycles. The number of rotatable bonds is 8. The van der Waals surface area contributed by atoms with Gasteiger partial charge in [0.1, 0.15) is 12.2 Å². The quantitative estimate of drug-likeness (QED) is 0.620. The van der Waals surface area contributed by atoms with Gasteiger partial charge in [0.25, 0.3) is 0 Å². The third-order valence-corrected chi connectivity index (χ3v) is 7.29. The summed E-state index contributed by atoms with van der Waals surface area (Å²) < 4.78 is 22.6. The Morgan fingerprint density at radius 2 is 1.04 bits per heavy atom. The highest BCUT2D eigenvalue weighted by atomic mass is 16.6. The Kier molecular flexibility index (Phi) is 5.71. The van der Waals surface area contributed by atoms with Crippen molar-refractivity contribution in [2.75, 3.05) is 26.4 Å². The Morgan fingerprint density at radius 3 is 1.36 bits per heavy atom. The molecule has 4 nitrogen and oxygen atoms in total. The van der Waals surface area contributed by atoms with E-state index in [9.17, 15) is 0 Å². The molecule has 2 atom stereocenters. The van der Waals surface area contributed by atoms with E-state index in [2.05, 4.69) is 13.8 Å². The average molecular weight is 353 g/mol. The fourth-order valence-electron chi connectivity index (χ4n) is 5.10. The molecule has 4 rings (SSSR count). The van der Waals surface area contributed by atoms with E-state index in [1.165, 1.54) is 51.4 Å². The van der Waals surface area contributed by atoms with E-state index in [-0.39, 0.29) is 0 Å². The molecule has 0 spiro atoms. The van der Waals surface area contributed by atoms with Gasteiger partial charge in [0.05, 0.1) is 38.6 Å². The van der Waals surface area contributed by atoms with Gasteiger partial charge < -0.3 is 18.9 Å². The Bertz CT molecular complexity index is 376. The van der Waals surface area contributed by atoms with Crippen molar-refractivity contribution in [2.24, 2.45) is 17.3 Å². The summed E-state index contributed by atoms with van der Waals surface area (Å²) >= 11 is 0. The van der Waals surface area contributed by atoms with Crippen molar-refractivity contribution in [3.8, 4) is 0 Å². The molecule has 0 aromatic heterocycles. The molecule has 0 bridgehead atoms. The van der Waals surface area contributed by atoms with Crippen molar-refractivity contribution >= 4 is 0 Å². The second-order valence-corrected chi connectivity index (χ2v) is 9.35. The summed E-state index contributed by atoms with van der Waals surface area (Å²) in [6.07, 6.45) is 12.0. The van der Waals surface area contributed by atoms with Gasteiger partial charge in [-0.3, -0.25) is 0 Å². The van der Waals surface area contributed by atoms with Crippen molar-refractivity contribution in [3.05, 3.63) is 0 Å². The zero-order valence-corrected chi connectivity index (χ0v) is 16.1. The van der Waals surface area contributed by atoms with Crippen molar-refractivity contribution < 1.29 is 18.9 Å². The molecule has 144 valence electrons. The number of ether oxygens (including phenoxy) is 4. The molecule has 2 saturated heterocycles. The molecule has 0 N–H and O–H groups in total. The Balaban J connectivity index is 1.18. The molecular weight excluding hydrogens is 316 g/mol. The smallest absolute Gasteiger partial charge is 0.104 e. The molecule has 2 aliphatic carbocycles. The van der Waals surface area contributed by atoms with Gasteiger partial charge >= 0.3 is 0 Å². The van der Waals surface area contributed by atoms with E-state index in [4.69, 9.17) is 18.9 Å². The van der Waals surface area contributed by atoms with Gasteiger partial charge in [0, 0.05) is 0 Å². The average Bonchev–Trinajstić information content (AvgIpc) is 3.54. The first-order valence-corrected chi connectivity index (χ1v) is 10.6. The maximum Gasteiger partial charge on any atom is 0.104 e. The topological polar surface area (TPSA) is 43.5 Å². The minimum Gasteiger partial charge on any atom is -0.375 e. The van der Waals surface area contributed by atoms with Crippen LogP contribution < -0.4 is 0 Å². The van der Waals surface area contributed by atoms with Crippen LogP contribution in [0.25, 0.3) is 0 Å². The zero-order valence-electron chi connectivity index (χ0n) is 16.1. The molecule has 0 amide bonds. The molecule has 0 aromatic rings. The largest absolute Gasteiger partial charge is 0.375 e. The molecule has 25 heavy (non-hydrogen) atoms. The van der Waals surface area contributed by atoms with E-state index in [1.807, 2.05) is 0 Å². The molecule has 2 saturated carbocycles. The van der Waals surface area contributed by atoms with Crippen LogP contribution in [0.5, 0.6) is 0 Å². The Labute approximate surface area is 152 Å². The van der Waals surface area contributed by atoms with Gasteiger partial charge in [-0.15, -0.1) is 0 Å². The van der Waals surface area contributed by atoms with Crippen molar-refractivity contribution in [3.63, 3.8) is 0 Å². The van der Waals surface area contributed by atoms with Crippen LogP contribution in [-0.2, 0) is 18.9 Å². The lowest BCUT2D eigenvalue weighted by atomic mass is 9.60. The lowest BCUT2D eigenvalue weighted by Crippen LogP contribution is -2.39. The van der Waals surface area contributed by atoms with E-state index < -0.39 is 0 Å². The summed E-state index contributed by atoms with van der Waals surface area (Å²) in [7, 11) is 0. The first kappa shape index (κ1) is 18.2. The highest BCUT2D eigenvalue weighted by Crippen LogP contribution is 2.48. The second-order valence-electron chi connectivity index (χ2n) is 9.35. The van der Waals surface area contributed by atoms with Gasteiger partial charge in [-0.05, 0) is 68.6 Å². The minimum absolute atomic E-state index is 0.401. The standard InChI is InChI=1S/C21H36O4/c1-21(2,15-3-7-17(8-4-15)22-11-19-13-24-19)16-5-9-18(10-6-16)23-12-20-14-25-20/h15-20H,3-14H2,1-2H3/t15?,16?,17?,18?,19-,20?/m0/s1. The summed E-state index contributed by atoms with van der Waals surface area (Å²) in [5.41, 5.74) is 0.454. The van der Waals surface area contributed by atoms with E-state index in [0.29, 0.717) is 29.8 Å². The highest BCUT2D eigenvalue weighted by molar-refractivity contribution is 4.91. The second kappa shape index (κ2) is 7.84. The van der Waals surface area contributed by atoms with Gasteiger partial charge in [-0.1, -0.05) is 13.8 Å². The van der Waals surface area contributed by atoms with Gasteiger partial charge in [-0.2, -0.15) is 0 Å². The van der Waals surface area contributed by atoms with Crippen LogP contribution in [0.15, 0.2) is 0 Å². The van der Waals surface area contributed by atoms with Crippen molar-refractivity contribution in [2.45, 2.75) is 89.6 Å². The maximum atomic E-state index is 6.03. The van der Waals surface area contributed by atoms with Crippen LogP contribution in [0.4, 0.5) is 0 Å². The van der Waals surface area contributed by atoms with E-state index in [0.717, 1.165) is 38.3 Å². The Hall–Kier alpha value is -0.160. The summed E-state index contributed by atoms with van der Waals surface area (Å²) in [6, 6.07) is 0. The van der Waals surface area contributed by atoms with Crippen LogP contribution in [0.1, 0.15) is 65.2 Å². The van der Waals surface area contributed by atoms with Crippen molar-refractivity contribution in [1.82, 2.24) is 0 Å². The first-order chi connectivity index (χ1) is 12.1. The van der Waals surface area contributed by atoms with Crippen molar-refractivity contribution in [1.29, 1.82) is 0 Å². The Morgan fingerprint density at radius 1 is 0.680 bits per heavy atom. The molecule has 4 heteroatoms. The molecular formula is C21H36O4. The molecule has 0 radical (unpaired) electrons. The lowest BCUT2D eigenvalue weighted by Gasteiger charge is -2.46. The first-order valence-electron chi connectivity index (χ1n) is 10.6. The number of hydrogen-bond donors (Lipinski definition) is 0. The van der Waals surface area contributed by atoms with Crippen LogP contribution in [-0.4, -0.2) is 50.8 Å². The fourth-order valence-corrected chi connectivity index (χ4v) is 5.10. The normalized spacial score (nSPS) is 41.5. The van der Waals surface area contributed by atoms with E-state index in [1.54, 1.807) is 0 Å². The van der Waals surface area contributed by atoms with Gasteiger partial charge in [-0.25, -0.2) is 0 Å². The predicted octanol–water partition coefficient (Wildman–Crippen LogP) is 3.96. The van der Waals surface area contributed by atoms with Crippen LogP contribution in [0.2, 0.25) is 0 Å². The van der Waals surface area contributed by atoms with Crippen LogP contribution in [0.3, 0.4) is 0 Å². The summed E-state index contributed by atoms with van der Waals surface area (Å²) in [4.78, 5) is 0. The lowest BCUT2D eigenvalue weighted by molar-refractivity contribution is -0.0387. The third-order valence-electron chi connectivity index (χ3n) is 7.29. The SMILES string of the molecule is CC(C)(C1CCC(OCC2CO2)CC1)C1CCC(OC[C@H]2CO2)CC1. The van der Waals surface area contributed by atoms with Crippen LogP contribution >= 0.6 is 0 Å².